The highest BCUT2D eigenvalue weighted by atomic mass is 79.9. The number of hydrogen-bond acceptors (Lipinski definition) is 4. The van der Waals surface area contributed by atoms with Gasteiger partial charge in [0.15, 0.2) is 9.84 Å². The van der Waals surface area contributed by atoms with Crippen LogP contribution >= 0.6 is 15.9 Å². The molecule has 5 nitrogen and oxygen atoms in total. The molecule has 2 rings (SSSR count). The Morgan fingerprint density at radius 3 is 2.86 bits per heavy atom. The summed E-state index contributed by atoms with van der Waals surface area (Å²) in [6.07, 6.45) is 0.892. The molecule has 1 unspecified atom stereocenters. The van der Waals surface area contributed by atoms with Crippen molar-refractivity contribution in [3.05, 3.63) is 28.7 Å². The molecule has 1 N–H and O–H groups in total. The smallest absolute Gasteiger partial charge is 0.224 e. The Hall–Kier alpha value is -1.08. The van der Waals surface area contributed by atoms with Crippen molar-refractivity contribution < 1.29 is 13.2 Å². The highest BCUT2D eigenvalue weighted by Gasteiger charge is 2.32. The van der Waals surface area contributed by atoms with Gasteiger partial charge in [-0.15, -0.1) is 0 Å². The van der Waals surface area contributed by atoms with Gasteiger partial charge in [0.1, 0.15) is 0 Å². The lowest BCUT2D eigenvalue weighted by Crippen LogP contribution is -2.38. The predicted octanol–water partition coefficient (Wildman–Crippen LogP) is 1.90. The number of benzene rings is 1. The summed E-state index contributed by atoms with van der Waals surface area (Å²) in [5.41, 5.74) is 0.947. The minimum Gasteiger partial charge on any atom is -0.384 e. The van der Waals surface area contributed by atoms with E-state index >= 15 is 0 Å². The van der Waals surface area contributed by atoms with Crippen LogP contribution in [0.2, 0.25) is 0 Å². The first-order valence-corrected chi connectivity index (χ1v) is 9.44. The van der Waals surface area contributed by atoms with Gasteiger partial charge in [0, 0.05) is 36.2 Å². The van der Waals surface area contributed by atoms with Gasteiger partial charge in [-0.1, -0.05) is 22.0 Å². The molecule has 0 saturated carbocycles. The molecule has 1 saturated heterocycles. The van der Waals surface area contributed by atoms with Crippen LogP contribution in [0.4, 0.5) is 5.69 Å². The molecule has 1 aliphatic rings. The second-order valence-electron chi connectivity index (χ2n) is 5.25. The van der Waals surface area contributed by atoms with Crippen LogP contribution in [0.25, 0.3) is 0 Å². The van der Waals surface area contributed by atoms with E-state index in [4.69, 9.17) is 0 Å². The first kappa shape index (κ1) is 16.3. The number of hydrogen-bond donors (Lipinski definition) is 1. The van der Waals surface area contributed by atoms with Gasteiger partial charge in [-0.2, -0.15) is 0 Å². The van der Waals surface area contributed by atoms with Crippen LogP contribution in [0.1, 0.15) is 12.8 Å². The van der Waals surface area contributed by atoms with E-state index in [-0.39, 0.29) is 23.5 Å². The molecule has 1 aromatic carbocycles. The van der Waals surface area contributed by atoms with Gasteiger partial charge in [0.05, 0.1) is 11.5 Å². The lowest BCUT2D eigenvalue weighted by molar-refractivity contribution is -0.131. The fourth-order valence-electron chi connectivity index (χ4n) is 2.37. The van der Waals surface area contributed by atoms with Crippen molar-refractivity contribution >= 4 is 37.4 Å². The van der Waals surface area contributed by atoms with E-state index in [1.54, 1.807) is 11.9 Å². The zero-order chi connectivity index (χ0) is 15.5. The van der Waals surface area contributed by atoms with E-state index in [0.717, 1.165) is 10.2 Å². The number of anilines is 1. The summed E-state index contributed by atoms with van der Waals surface area (Å²) in [5, 5.41) is 3.18. The van der Waals surface area contributed by atoms with Crippen LogP contribution in [0.15, 0.2) is 28.7 Å². The van der Waals surface area contributed by atoms with Crippen molar-refractivity contribution in [3.63, 3.8) is 0 Å². The molecular weight excluding hydrogens is 356 g/mol. The van der Waals surface area contributed by atoms with Crippen molar-refractivity contribution in [2.75, 3.05) is 30.4 Å². The van der Waals surface area contributed by atoms with Crippen molar-refractivity contribution in [1.82, 2.24) is 4.90 Å². The number of halogens is 1. The molecule has 1 amide bonds. The standard InChI is InChI=1S/C14H19BrN2O3S/c1-17(13-6-8-21(19,20)10-13)14(18)5-7-16-12-4-2-3-11(15)9-12/h2-4,9,13,16H,5-8,10H2,1H3. The second-order valence-corrected chi connectivity index (χ2v) is 8.39. The normalized spacial score (nSPS) is 20.2. The van der Waals surface area contributed by atoms with E-state index in [0.29, 0.717) is 19.4 Å². The summed E-state index contributed by atoms with van der Waals surface area (Å²) in [6.45, 7) is 0.527. The van der Waals surface area contributed by atoms with Crippen LogP contribution in [-0.4, -0.2) is 50.4 Å². The van der Waals surface area contributed by atoms with Crippen molar-refractivity contribution in [2.45, 2.75) is 18.9 Å². The lowest BCUT2D eigenvalue weighted by Gasteiger charge is -2.23. The highest BCUT2D eigenvalue weighted by molar-refractivity contribution is 9.10. The van der Waals surface area contributed by atoms with E-state index in [2.05, 4.69) is 21.2 Å². The van der Waals surface area contributed by atoms with Crippen LogP contribution in [0, 0.1) is 0 Å². The molecule has 1 aliphatic heterocycles. The largest absolute Gasteiger partial charge is 0.384 e. The maximum atomic E-state index is 12.1. The summed E-state index contributed by atoms with van der Waals surface area (Å²) in [4.78, 5) is 13.7. The molecule has 21 heavy (non-hydrogen) atoms. The van der Waals surface area contributed by atoms with E-state index in [1.165, 1.54) is 0 Å². The zero-order valence-corrected chi connectivity index (χ0v) is 14.3. The maximum absolute atomic E-state index is 12.1. The van der Waals surface area contributed by atoms with Crippen LogP contribution in [-0.2, 0) is 14.6 Å². The second kappa shape index (κ2) is 6.79. The average Bonchev–Trinajstić information content (AvgIpc) is 2.78. The summed E-state index contributed by atoms with van der Waals surface area (Å²) in [7, 11) is -1.27. The Kier molecular flexibility index (Phi) is 5.27. The Morgan fingerprint density at radius 2 is 2.24 bits per heavy atom. The number of carbonyl (C=O) groups excluding carboxylic acids is 1. The van der Waals surface area contributed by atoms with Crippen molar-refractivity contribution in [1.29, 1.82) is 0 Å². The average molecular weight is 375 g/mol. The topological polar surface area (TPSA) is 66.5 Å². The highest BCUT2D eigenvalue weighted by Crippen LogP contribution is 2.18. The first-order valence-electron chi connectivity index (χ1n) is 6.83. The predicted molar refractivity (Wildman–Crippen MR) is 87.1 cm³/mol. The molecule has 1 fully saturated rings. The molecule has 0 bridgehead atoms. The SMILES string of the molecule is CN(C(=O)CCNc1cccc(Br)c1)C1CCS(=O)(=O)C1. The molecule has 1 atom stereocenters. The molecule has 116 valence electrons. The van der Waals surface area contributed by atoms with Gasteiger partial charge in [0.25, 0.3) is 0 Å². The fraction of sp³-hybridized carbons (Fsp3) is 0.500. The van der Waals surface area contributed by atoms with Crippen LogP contribution < -0.4 is 5.32 Å². The number of nitrogens with one attached hydrogen (secondary N) is 1. The molecular formula is C14H19BrN2O3S. The molecule has 7 heteroatoms. The van der Waals surface area contributed by atoms with Crippen molar-refractivity contribution in [2.24, 2.45) is 0 Å². The summed E-state index contributed by atoms with van der Waals surface area (Å²) in [5.74, 6) is 0.250. The fourth-order valence-corrected chi connectivity index (χ4v) is 4.55. The number of carbonyl (C=O) groups is 1. The summed E-state index contributed by atoms with van der Waals surface area (Å²) < 4.78 is 23.9. The minimum absolute atomic E-state index is 0.0282. The van der Waals surface area contributed by atoms with Gasteiger partial charge in [-0.05, 0) is 24.6 Å². The van der Waals surface area contributed by atoms with E-state index in [1.807, 2.05) is 24.3 Å². The zero-order valence-electron chi connectivity index (χ0n) is 11.9. The monoisotopic (exact) mass is 374 g/mol. The Balaban J connectivity index is 1.79. The van der Waals surface area contributed by atoms with Crippen LogP contribution in [0.5, 0.6) is 0 Å². The maximum Gasteiger partial charge on any atom is 0.224 e. The quantitative estimate of drug-likeness (QED) is 0.854. The molecule has 0 radical (unpaired) electrons. The van der Waals surface area contributed by atoms with Crippen molar-refractivity contribution in [3.8, 4) is 0 Å². The third-order valence-electron chi connectivity index (χ3n) is 3.64. The molecule has 1 aromatic rings. The van der Waals surface area contributed by atoms with Gasteiger partial charge < -0.3 is 10.2 Å². The number of sulfone groups is 1. The van der Waals surface area contributed by atoms with E-state index < -0.39 is 9.84 Å². The summed E-state index contributed by atoms with van der Waals surface area (Å²) in [6, 6.07) is 7.56. The molecule has 0 aliphatic carbocycles. The van der Waals surface area contributed by atoms with Crippen LogP contribution in [0.3, 0.4) is 0 Å². The Morgan fingerprint density at radius 1 is 1.48 bits per heavy atom. The van der Waals surface area contributed by atoms with Gasteiger partial charge in [-0.25, -0.2) is 8.42 Å². The third-order valence-corrected chi connectivity index (χ3v) is 5.89. The number of nitrogens with zero attached hydrogens (tertiary/aromatic N) is 1. The van der Waals surface area contributed by atoms with E-state index in [9.17, 15) is 13.2 Å². The number of rotatable bonds is 5. The third kappa shape index (κ3) is 4.71. The molecule has 1 heterocycles. The minimum atomic E-state index is -2.96. The van der Waals surface area contributed by atoms with Gasteiger partial charge in [0.2, 0.25) is 5.91 Å². The molecule has 0 spiro atoms. The molecule has 0 aromatic heterocycles. The van der Waals surface area contributed by atoms with Gasteiger partial charge >= 0.3 is 0 Å². The lowest BCUT2D eigenvalue weighted by atomic mass is 10.2. The first-order chi connectivity index (χ1) is 9.87. The number of amides is 1. The summed E-state index contributed by atoms with van der Waals surface area (Å²) >= 11 is 3.39. The Bertz CT molecular complexity index is 618. The van der Waals surface area contributed by atoms with Gasteiger partial charge in [-0.3, -0.25) is 4.79 Å². The Labute approximate surface area is 133 Å².